The predicted molar refractivity (Wildman–Crippen MR) is 69.7 cm³/mol. The lowest BCUT2D eigenvalue weighted by atomic mass is 10.4. The van der Waals surface area contributed by atoms with Crippen molar-refractivity contribution in [2.24, 2.45) is 0 Å². The number of rotatable bonds is 6. The molecule has 0 aromatic carbocycles. The Balaban J connectivity index is 2.37. The zero-order valence-electron chi connectivity index (χ0n) is 10.3. The summed E-state index contributed by atoms with van der Waals surface area (Å²) in [5.41, 5.74) is 0.719. The van der Waals surface area contributed by atoms with Gasteiger partial charge in [-0.3, -0.25) is 0 Å². The molecule has 7 nitrogen and oxygen atoms in total. The first-order valence-electron chi connectivity index (χ1n) is 5.44. The molecule has 2 aromatic heterocycles. The highest BCUT2D eigenvalue weighted by molar-refractivity contribution is 7.98. The fourth-order valence-corrected chi connectivity index (χ4v) is 1.89. The monoisotopic (exact) mass is 269 g/mol. The van der Waals surface area contributed by atoms with Gasteiger partial charge in [0.15, 0.2) is 10.8 Å². The van der Waals surface area contributed by atoms with Crippen molar-refractivity contribution >= 4 is 28.6 Å². The third-order valence-electron chi connectivity index (χ3n) is 2.34. The molecule has 2 aromatic rings. The Bertz CT molecular complexity index is 530. The third kappa shape index (κ3) is 2.55. The number of nitrogens with one attached hydrogen (secondary N) is 1. The van der Waals surface area contributed by atoms with Crippen LogP contribution >= 0.6 is 11.8 Å². The normalized spacial score (nSPS) is 11.1. The highest BCUT2D eigenvalue weighted by Gasteiger charge is 2.11. The average Bonchev–Trinajstić information content (AvgIpc) is 2.81. The van der Waals surface area contributed by atoms with Gasteiger partial charge in [-0.25, -0.2) is 14.6 Å². The highest BCUT2D eigenvalue weighted by atomic mass is 32.2. The van der Waals surface area contributed by atoms with Crippen molar-refractivity contribution < 1.29 is 9.84 Å². The number of ether oxygens (including phenoxy) is 1. The van der Waals surface area contributed by atoms with Crippen LogP contribution in [0.25, 0.3) is 11.0 Å². The van der Waals surface area contributed by atoms with Crippen LogP contribution in [-0.4, -0.2) is 51.4 Å². The van der Waals surface area contributed by atoms with Gasteiger partial charge in [0, 0.05) is 7.05 Å². The van der Waals surface area contributed by atoms with Crippen molar-refractivity contribution in [2.75, 3.05) is 31.8 Å². The summed E-state index contributed by atoms with van der Waals surface area (Å²) in [5, 5.41) is 17.4. The van der Waals surface area contributed by atoms with Crippen molar-refractivity contribution in [3.8, 4) is 0 Å². The summed E-state index contributed by atoms with van der Waals surface area (Å²) in [6.07, 6.45) is 3.62. The van der Waals surface area contributed by atoms with Crippen LogP contribution < -0.4 is 5.32 Å². The molecule has 0 saturated carbocycles. The zero-order chi connectivity index (χ0) is 13.0. The van der Waals surface area contributed by atoms with Crippen molar-refractivity contribution in [3.05, 3.63) is 6.20 Å². The van der Waals surface area contributed by atoms with E-state index in [0.29, 0.717) is 5.16 Å². The van der Waals surface area contributed by atoms with Gasteiger partial charge in [0.2, 0.25) is 0 Å². The van der Waals surface area contributed by atoms with E-state index in [4.69, 9.17) is 9.84 Å². The van der Waals surface area contributed by atoms with Gasteiger partial charge in [0.25, 0.3) is 0 Å². The van der Waals surface area contributed by atoms with Gasteiger partial charge in [-0.2, -0.15) is 5.10 Å². The Morgan fingerprint density at radius 3 is 3.00 bits per heavy atom. The summed E-state index contributed by atoms with van der Waals surface area (Å²) in [4.78, 5) is 8.77. The Morgan fingerprint density at radius 1 is 1.50 bits per heavy atom. The minimum Gasteiger partial charge on any atom is -0.394 e. The molecule has 0 saturated heterocycles. The molecule has 0 unspecified atom stereocenters. The lowest BCUT2D eigenvalue weighted by Crippen LogP contribution is -2.08. The Morgan fingerprint density at radius 2 is 2.33 bits per heavy atom. The van der Waals surface area contributed by atoms with Crippen LogP contribution in [0.15, 0.2) is 11.4 Å². The second kappa shape index (κ2) is 5.98. The standard InChI is InChI=1S/C10H15N5O2S/c1-11-8-7-5-12-15(6-17-4-3-16)9(7)14-10(13-8)18-2/h5,16H,3-4,6H2,1-2H3,(H,11,13,14). The van der Waals surface area contributed by atoms with E-state index in [-0.39, 0.29) is 19.9 Å². The molecule has 0 atom stereocenters. The van der Waals surface area contributed by atoms with Gasteiger partial charge in [0.05, 0.1) is 24.8 Å². The maximum atomic E-state index is 8.68. The summed E-state index contributed by atoms with van der Waals surface area (Å²) in [6.45, 7) is 0.533. The van der Waals surface area contributed by atoms with Crippen LogP contribution in [0.5, 0.6) is 0 Å². The molecule has 8 heteroatoms. The van der Waals surface area contributed by atoms with E-state index in [1.165, 1.54) is 11.8 Å². The van der Waals surface area contributed by atoms with E-state index < -0.39 is 0 Å². The number of nitrogens with zero attached hydrogens (tertiary/aromatic N) is 4. The molecule has 2 N–H and O–H groups in total. The lowest BCUT2D eigenvalue weighted by molar-refractivity contribution is 0.0439. The molecule has 98 valence electrons. The van der Waals surface area contributed by atoms with Gasteiger partial charge >= 0.3 is 0 Å². The first kappa shape index (κ1) is 13.1. The molecular formula is C10H15N5O2S. The molecule has 0 aliphatic rings. The maximum Gasteiger partial charge on any atom is 0.191 e. The summed E-state index contributed by atoms with van der Waals surface area (Å²) < 4.78 is 6.89. The average molecular weight is 269 g/mol. The maximum absolute atomic E-state index is 8.68. The zero-order valence-corrected chi connectivity index (χ0v) is 11.1. The number of aliphatic hydroxyl groups is 1. The summed E-state index contributed by atoms with van der Waals surface area (Å²) >= 11 is 1.47. The third-order valence-corrected chi connectivity index (χ3v) is 2.89. The number of hydrogen-bond acceptors (Lipinski definition) is 7. The van der Waals surface area contributed by atoms with Crippen LogP contribution in [0.1, 0.15) is 0 Å². The molecule has 0 amide bonds. The largest absolute Gasteiger partial charge is 0.394 e. The second-order valence-corrected chi connectivity index (χ2v) is 4.22. The quantitative estimate of drug-likeness (QED) is 0.450. The molecule has 18 heavy (non-hydrogen) atoms. The fraction of sp³-hybridized carbons (Fsp3) is 0.500. The molecule has 0 spiro atoms. The molecule has 0 bridgehead atoms. The summed E-state index contributed by atoms with van der Waals surface area (Å²) in [5.74, 6) is 0.748. The summed E-state index contributed by atoms with van der Waals surface area (Å²) in [7, 11) is 1.81. The minimum atomic E-state index is -0.00792. The topological polar surface area (TPSA) is 85.1 Å². The smallest absolute Gasteiger partial charge is 0.191 e. The molecular weight excluding hydrogens is 254 g/mol. The number of anilines is 1. The fourth-order valence-electron chi connectivity index (χ4n) is 1.53. The van der Waals surface area contributed by atoms with E-state index >= 15 is 0 Å². The number of aliphatic hydroxyl groups excluding tert-OH is 1. The van der Waals surface area contributed by atoms with Crippen molar-refractivity contribution in [2.45, 2.75) is 11.9 Å². The minimum absolute atomic E-state index is 0.00792. The van der Waals surface area contributed by atoms with E-state index in [0.717, 1.165) is 16.9 Å². The number of thioether (sulfide) groups is 1. The van der Waals surface area contributed by atoms with Gasteiger partial charge < -0.3 is 15.2 Å². The van der Waals surface area contributed by atoms with Crippen LogP contribution in [0, 0.1) is 0 Å². The number of aromatic nitrogens is 4. The molecule has 0 radical (unpaired) electrons. The van der Waals surface area contributed by atoms with Gasteiger partial charge in [0.1, 0.15) is 12.5 Å². The lowest BCUT2D eigenvalue weighted by Gasteiger charge is -2.06. The number of hydrogen-bond donors (Lipinski definition) is 2. The van der Waals surface area contributed by atoms with Gasteiger partial charge in [-0.15, -0.1) is 0 Å². The molecule has 2 heterocycles. The van der Waals surface area contributed by atoms with E-state index in [9.17, 15) is 0 Å². The summed E-state index contributed by atoms with van der Waals surface area (Å²) in [6, 6.07) is 0. The Hall–Kier alpha value is -1.38. The van der Waals surface area contributed by atoms with E-state index in [1.54, 1.807) is 10.9 Å². The van der Waals surface area contributed by atoms with Crippen LogP contribution in [0.2, 0.25) is 0 Å². The molecule has 0 aliphatic heterocycles. The second-order valence-electron chi connectivity index (χ2n) is 3.45. The first-order chi connectivity index (χ1) is 8.80. The number of fused-ring (bicyclic) bond motifs is 1. The molecule has 2 rings (SSSR count). The SMILES string of the molecule is CNc1nc(SC)nc2c1cnn2COCCO. The van der Waals surface area contributed by atoms with Gasteiger partial charge in [-0.1, -0.05) is 11.8 Å². The van der Waals surface area contributed by atoms with Gasteiger partial charge in [-0.05, 0) is 6.26 Å². The Labute approximate surface area is 109 Å². The van der Waals surface area contributed by atoms with E-state index in [1.807, 2.05) is 13.3 Å². The highest BCUT2D eigenvalue weighted by Crippen LogP contribution is 2.22. The van der Waals surface area contributed by atoms with Crippen LogP contribution in [-0.2, 0) is 11.5 Å². The van der Waals surface area contributed by atoms with Crippen LogP contribution in [0.3, 0.4) is 0 Å². The van der Waals surface area contributed by atoms with Crippen molar-refractivity contribution in [3.63, 3.8) is 0 Å². The predicted octanol–water partition coefficient (Wildman–Crippen LogP) is 0.556. The van der Waals surface area contributed by atoms with Crippen LogP contribution in [0.4, 0.5) is 5.82 Å². The first-order valence-corrected chi connectivity index (χ1v) is 6.66. The molecule has 0 aliphatic carbocycles. The molecule has 0 fully saturated rings. The Kier molecular flexibility index (Phi) is 4.34. The van der Waals surface area contributed by atoms with Crippen molar-refractivity contribution in [1.82, 2.24) is 19.7 Å². The van der Waals surface area contributed by atoms with Crippen molar-refractivity contribution in [1.29, 1.82) is 0 Å². The van der Waals surface area contributed by atoms with E-state index in [2.05, 4.69) is 20.4 Å².